The third kappa shape index (κ3) is 27.0. The Kier molecular flexibility index (Phi) is 31.2. The summed E-state index contributed by atoms with van der Waals surface area (Å²) in [6, 6.07) is 31.2. The summed E-state index contributed by atoms with van der Waals surface area (Å²) in [6.07, 6.45) is 0.764. The van der Waals surface area contributed by atoms with Gasteiger partial charge in [0.25, 0.3) is 58.8 Å². The van der Waals surface area contributed by atoms with Crippen molar-refractivity contribution < 1.29 is 140 Å². The first-order chi connectivity index (χ1) is 49.8. The lowest BCUT2D eigenvalue weighted by Gasteiger charge is -2.28. The second-order valence-corrected chi connectivity index (χ2v) is 31.8. The molecule has 0 spiro atoms. The van der Waals surface area contributed by atoms with E-state index in [-0.39, 0.29) is 90.4 Å². The van der Waals surface area contributed by atoms with E-state index in [2.05, 4.69) is 37.8 Å². The van der Waals surface area contributed by atoms with Crippen molar-refractivity contribution in [3.05, 3.63) is 153 Å². The third-order valence-electron chi connectivity index (χ3n) is 15.4. The Balaban J connectivity index is 0.686. The van der Waals surface area contributed by atoms with Crippen LogP contribution in [0.3, 0.4) is 0 Å². The number of phenols is 2. The van der Waals surface area contributed by atoms with Crippen molar-refractivity contribution in [3.63, 3.8) is 0 Å². The van der Waals surface area contributed by atoms with E-state index in [9.17, 15) is 86.1 Å². The largest absolute Gasteiger partial charge is 0.756 e. The molecule has 2 heterocycles. The topological polar surface area (TPSA) is 511 Å². The van der Waals surface area contributed by atoms with Gasteiger partial charge in [-0.1, -0.05) is 37.1 Å². The Labute approximate surface area is 600 Å². The predicted molar refractivity (Wildman–Crippen MR) is 365 cm³/mol. The monoisotopic (exact) mass is 1580 g/mol. The highest BCUT2D eigenvalue weighted by Gasteiger charge is 2.25. The minimum Gasteiger partial charge on any atom is -0.756 e. The number of rotatable bonds is 46. The van der Waals surface area contributed by atoms with Crippen LogP contribution in [0.15, 0.2) is 140 Å². The van der Waals surface area contributed by atoms with E-state index in [1.54, 1.807) is 72.8 Å². The van der Waals surface area contributed by atoms with Crippen molar-refractivity contribution in [2.24, 2.45) is 11.8 Å². The molecule has 105 heavy (non-hydrogen) atoms. The number of hydrogen-bond acceptors (Lipinski definition) is 32. The van der Waals surface area contributed by atoms with E-state index in [1.165, 1.54) is 55.5 Å². The van der Waals surface area contributed by atoms with Crippen molar-refractivity contribution in [3.8, 4) is 56.4 Å². The standard InChI is InChI=1S/C65H80N2O32P6/c1-3-87-101(76,77)95-41-45(13-5-7-27-67-65(73)49-17-9-15-47(35-49)63-56-24-20-52(70)38-60(56)99-61-39-53(71)21-25-57(61)63)43-97-105(84,85)91-31-11-29-89-103(80,81)93-33-32-92-102(78,79)88-28-10-30-90-104(82,83)96-42-44(40-94-100(74,75)86-2)12-4-6-26-66-64(72)48-16-8-14-46(34-48)62-54-22-18-50(68)36-58(54)98-59-37-51(69)19-23-55(59)62/h8-9,14-25,34-39,44-45,68,70H,3-7,10-13,26-33,40-43H2,1-2H3,(H,66,72)(H,67,73)(H,74,75)(H,76,77)(H,78,79)(H,80,81)(H,82,83)(H,84,85)/p-6. The Morgan fingerprint density at radius 2 is 0.790 bits per heavy atom. The lowest BCUT2D eigenvalue weighted by molar-refractivity contribution is -0.234. The van der Waals surface area contributed by atoms with E-state index in [0.717, 1.165) is 7.11 Å². The summed E-state index contributed by atoms with van der Waals surface area (Å²) in [5, 5.41) is 27.1. The maximum absolute atomic E-state index is 13.4. The van der Waals surface area contributed by atoms with Crippen molar-refractivity contribution >= 4 is 80.7 Å². The van der Waals surface area contributed by atoms with Gasteiger partial charge in [0.15, 0.2) is 10.9 Å². The van der Waals surface area contributed by atoms with Crippen LogP contribution in [0, 0.1) is 11.8 Å². The van der Waals surface area contributed by atoms with E-state index >= 15 is 0 Å². The first-order valence-corrected chi connectivity index (χ1v) is 41.3. The maximum atomic E-state index is 13.4. The first-order valence-electron chi connectivity index (χ1n) is 32.5. The summed E-state index contributed by atoms with van der Waals surface area (Å²) in [5.41, 5.74) is 4.35. The van der Waals surface area contributed by atoms with Gasteiger partial charge in [-0.05, 0) is 129 Å². The number of unbranched alkanes of at least 4 members (excludes halogenated alkanes) is 2. The number of aromatic hydroxyl groups is 2. The van der Waals surface area contributed by atoms with Crippen molar-refractivity contribution in [1.29, 1.82) is 0 Å². The lowest BCUT2D eigenvalue weighted by Crippen LogP contribution is -2.25. The van der Waals surface area contributed by atoms with Crippen LogP contribution in [0.5, 0.6) is 11.5 Å². The van der Waals surface area contributed by atoms with Crippen LogP contribution in [0.4, 0.5) is 0 Å². The molecule has 4 aromatic carbocycles. The molecule has 8 atom stereocenters. The van der Waals surface area contributed by atoms with Gasteiger partial charge in [-0.3, -0.25) is 46.6 Å². The van der Waals surface area contributed by atoms with Crippen LogP contribution in [-0.2, 0) is 81.7 Å². The normalized spacial score (nSPS) is 16.0. The van der Waals surface area contributed by atoms with E-state index in [4.69, 9.17) is 36.0 Å². The van der Waals surface area contributed by atoms with Gasteiger partial charge >= 0.3 is 0 Å². The quantitative estimate of drug-likeness (QED) is 0.0159. The molecule has 572 valence electrons. The van der Waals surface area contributed by atoms with E-state index < -0.39 is 137 Å². The van der Waals surface area contributed by atoms with Gasteiger partial charge in [-0.2, -0.15) is 0 Å². The number of carbonyl (C=O) groups is 2. The van der Waals surface area contributed by atoms with Crippen LogP contribution in [0.1, 0.15) is 79.0 Å². The van der Waals surface area contributed by atoms with E-state index in [0.29, 0.717) is 81.0 Å². The second-order valence-electron chi connectivity index (χ2n) is 23.2. The molecule has 0 fully saturated rings. The van der Waals surface area contributed by atoms with E-state index in [1.807, 2.05) is 0 Å². The highest BCUT2D eigenvalue weighted by Crippen LogP contribution is 2.47. The Bertz CT molecular complexity index is 4630. The van der Waals surface area contributed by atoms with Gasteiger partial charge < -0.3 is 113 Å². The zero-order valence-electron chi connectivity index (χ0n) is 56.4. The molecule has 0 saturated carbocycles. The van der Waals surface area contributed by atoms with Gasteiger partial charge in [-0.15, -0.1) is 0 Å². The SMILES string of the molecule is CCOP(=O)([O-])OCC(CCCCNC(=O)c1cccc(-c2c3ccc(=O)cc-3oc3cc(O)ccc23)c1)COP(=O)([O-])OCCCOP(=O)([O-])OCCOP(=O)([O-])OCCCOP(=O)([O-])OCC(CCCCNC(=O)c1cccc(-c2c3ccc(=O)cc-3oc3cc(O)ccc23)c1)COP(=O)([O-])OC. The number of phosphoric ester groups is 6. The van der Waals surface area contributed by atoms with Crippen LogP contribution >= 0.6 is 46.9 Å². The fraction of sp³-hybridized carbons (Fsp3) is 0.385. The van der Waals surface area contributed by atoms with Crippen LogP contribution in [-0.4, -0.2) is 115 Å². The number of benzene rings is 6. The Morgan fingerprint density at radius 1 is 0.429 bits per heavy atom. The molecule has 8 unspecified atom stereocenters. The summed E-state index contributed by atoms with van der Waals surface area (Å²) in [5.74, 6) is -2.20. The molecule has 8 rings (SSSR count). The fourth-order valence-corrected chi connectivity index (χ4v) is 14.8. The molecule has 0 bridgehead atoms. The molecule has 0 aromatic heterocycles. The number of phosphoric acid groups is 6. The van der Waals surface area contributed by atoms with Crippen molar-refractivity contribution in [2.75, 3.05) is 92.9 Å². The summed E-state index contributed by atoms with van der Waals surface area (Å²) < 4.78 is 143. The molecule has 34 nitrogen and oxygen atoms in total. The number of nitrogens with one attached hydrogen (secondary N) is 2. The molecule has 2 aliphatic carbocycles. The van der Waals surface area contributed by atoms with Gasteiger partial charge in [-0.25, -0.2) is 0 Å². The summed E-state index contributed by atoms with van der Waals surface area (Å²) >= 11 is 0. The Morgan fingerprint density at radius 3 is 1.17 bits per heavy atom. The molecule has 2 aliphatic heterocycles. The highest BCUT2D eigenvalue weighted by molar-refractivity contribution is 7.47. The first kappa shape index (κ1) is 84.1. The minimum atomic E-state index is -5.15. The van der Waals surface area contributed by atoms with Gasteiger partial charge in [0.1, 0.15) is 34.2 Å². The lowest BCUT2D eigenvalue weighted by atomic mass is 9.92. The van der Waals surface area contributed by atoms with Crippen LogP contribution < -0.4 is 50.9 Å². The number of amides is 2. The second kappa shape index (κ2) is 39.0. The summed E-state index contributed by atoms with van der Waals surface area (Å²) in [6.45, 7) is -5.51. The zero-order chi connectivity index (χ0) is 76.0. The van der Waals surface area contributed by atoms with Crippen LogP contribution in [0.25, 0.3) is 66.8 Å². The number of carbonyl (C=O) groups excluding carboxylic acids is 2. The molecular weight excluding hydrogens is 1510 g/mol. The molecule has 0 radical (unpaired) electrons. The van der Waals surface area contributed by atoms with Gasteiger partial charge in [0.05, 0.1) is 72.7 Å². The number of fused-ring (bicyclic) bond motifs is 4. The zero-order valence-corrected chi connectivity index (χ0v) is 61.7. The average Bonchev–Trinajstić information content (AvgIpc) is 0.761. The molecule has 40 heteroatoms. The highest BCUT2D eigenvalue weighted by atomic mass is 31.2. The average molecular weight is 1580 g/mol. The number of hydrogen-bond donors (Lipinski definition) is 4. The van der Waals surface area contributed by atoms with Crippen molar-refractivity contribution in [2.45, 2.75) is 58.3 Å². The fourth-order valence-electron chi connectivity index (χ4n) is 10.4. The molecule has 4 N–H and O–H groups in total. The summed E-state index contributed by atoms with van der Waals surface area (Å²) in [7, 11) is -29.2. The predicted octanol–water partition coefficient (Wildman–Crippen LogP) is 8.03. The van der Waals surface area contributed by atoms with Gasteiger partial charge in [0.2, 0.25) is 0 Å². The van der Waals surface area contributed by atoms with Gasteiger partial charge in [0, 0.05) is 100 Å². The van der Waals surface area contributed by atoms with Crippen LogP contribution in [0.2, 0.25) is 0 Å². The Hall–Kier alpha value is -6.54. The minimum absolute atomic E-state index is 0.0552. The molecule has 4 aliphatic rings. The molecule has 2 amide bonds. The third-order valence-corrected chi connectivity index (χ3v) is 21.2. The molecular formula is C65H74N2O32P6-6. The molecule has 4 aromatic rings. The number of phenolic OH excluding ortho intramolecular Hbond substituents is 2. The summed E-state index contributed by atoms with van der Waals surface area (Å²) in [4.78, 5) is 125. The smallest absolute Gasteiger partial charge is 0.267 e. The molecule has 0 saturated heterocycles. The van der Waals surface area contributed by atoms with Crippen molar-refractivity contribution in [1.82, 2.24) is 10.6 Å². The maximum Gasteiger partial charge on any atom is 0.267 e.